The number of carbonyl (C=O) groups excluding carboxylic acids is 1. The highest BCUT2D eigenvalue weighted by Crippen LogP contribution is 2.16. The second-order valence-electron chi connectivity index (χ2n) is 6.80. The van der Waals surface area contributed by atoms with Crippen molar-refractivity contribution in [1.29, 1.82) is 0 Å². The van der Waals surface area contributed by atoms with E-state index in [1.807, 2.05) is 20.8 Å². The lowest BCUT2D eigenvalue weighted by Gasteiger charge is -2.27. The number of aromatic nitrogens is 2. The van der Waals surface area contributed by atoms with Crippen LogP contribution in [0.2, 0.25) is 0 Å². The van der Waals surface area contributed by atoms with Gasteiger partial charge in [-0.25, -0.2) is 18.2 Å². The fraction of sp³-hybridized carbons (Fsp3) is 0.714. The summed E-state index contributed by atoms with van der Waals surface area (Å²) in [6.45, 7) is 7.32. The Bertz CT molecular complexity index is 662. The molecule has 130 valence electrons. The van der Waals surface area contributed by atoms with Crippen molar-refractivity contribution in [1.82, 2.24) is 24.1 Å². The van der Waals surface area contributed by atoms with E-state index in [0.717, 1.165) is 0 Å². The highest BCUT2D eigenvalue weighted by molar-refractivity contribution is 7.89. The largest absolute Gasteiger partial charge is 0.339 e. The summed E-state index contributed by atoms with van der Waals surface area (Å²) in [5.74, 6) is 0. The van der Waals surface area contributed by atoms with Gasteiger partial charge in [0.25, 0.3) is 10.0 Å². The Morgan fingerprint density at radius 2 is 1.91 bits per heavy atom. The molecule has 23 heavy (non-hydrogen) atoms. The molecule has 0 radical (unpaired) electrons. The average Bonchev–Trinajstić information content (AvgIpc) is 2.72. The molecule has 2 amide bonds. The van der Waals surface area contributed by atoms with Crippen LogP contribution < -0.4 is 5.32 Å². The van der Waals surface area contributed by atoms with Crippen LogP contribution in [-0.4, -0.2) is 64.9 Å². The Hall–Kier alpha value is -1.61. The topological polar surface area (TPSA) is 87.5 Å². The number of urea groups is 1. The van der Waals surface area contributed by atoms with Gasteiger partial charge in [-0.1, -0.05) is 0 Å². The van der Waals surface area contributed by atoms with Crippen molar-refractivity contribution in [2.75, 3.05) is 26.2 Å². The lowest BCUT2D eigenvalue weighted by atomic mass is 10.1. The number of imidazole rings is 1. The molecule has 1 aliphatic heterocycles. The molecule has 9 heteroatoms. The van der Waals surface area contributed by atoms with Gasteiger partial charge < -0.3 is 14.8 Å². The molecule has 1 aliphatic rings. The molecule has 0 bridgehead atoms. The summed E-state index contributed by atoms with van der Waals surface area (Å²) in [7, 11) is -1.88. The number of hydrogen-bond donors (Lipinski definition) is 1. The summed E-state index contributed by atoms with van der Waals surface area (Å²) >= 11 is 0. The first-order chi connectivity index (χ1) is 10.6. The first-order valence-corrected chi connectivity index (χ1v) is 9.09. The van der Waals surface area contributed by atoms with Gasteiger partial charge >= 0.3 is 6.03 Å². The van der Waals surface area contributed by atoms with E-state index in [2.05, 4.69) is 10.3 Å². The quantitative estimate of drug-likeness (QED) is 0.853. The maximum absolute atomic E-state index is 12.6. The summed E-state index contributed by atoms with van der Waals surface area (Å²) in [5.41, 5.74) is -0.316. The summed E-state index contributed by atoms with van der Waals surface area (Å²) in [6, 6.07) is -0.158. The van der Waals surface area contributed by atoms with Gasteiger partial charge in [0.05, 0.1) is 6.33 Å². The van der Waals surface area contributed by atoms with E-state index in [1.165, 1.54) is 16.8 Å². The van der Waals surface area contributed by atoms with Crippen molar-refractivity contribution in [2.45, 2.75) is 37.8 Å². The molecule has 2 heterocycles. The van der Waals surface area contributed by atoms with Gasteiger partial charge in [-0.3, -0.25) is 0 Å². The number of rotatable bonds is 2. The second kappa shape index (κ2) is 6.48. The monoisotopic (exact) mass is 343 g/mol. The molecular weight excluding hydrogens is 318 g/mol. The summed E-state index contributed by atoms with van der Waals surface area (Å²) in [4.78, 5) is 17.8. The van der Waals surface area contributed by atoms with Crippen LogP contribution in [-0.2, 0) is 17.1 Å². The van der Waals surface area contributed by atoms with Gasteiger partial charge in [-0.15, -0.1) is 0 Å². The second-order valence-corrected chi connectivity index (χ2v) is 8.69. The lowest BCUT2D eigenvalue weighted by molar-refractivity contribution is 0.191. The van der Waals surface area contributed by atoms with Crippen LogP contribution >= 0.6 is 0 Å². The Kier molecular flexibility index (Phi) is 5.00. The van der Waals surface area contributed by atoms with Crippen molar-refractivity contribution in [3.63, 3.8) is 0 Å². The van der Waals surface area contributed by atoms with E-state index < -0.39 is 10.0 Å². The smallest absolute Gasteiger partial charge is 0.317 e. The molecule has 0 aromatic carbocycles. The minimum atomic E-state index is -3.61. The third-order valence-electron chi connectivity index (χ3n) is 3.51. The Morgan fingerprint density at radius 1 is 1.22 bits per heavy atom. The number of nitrogens with zero attached hydrogens (tertiary/aromatic N) is 4. The number of amides is 2. The number of nitrogens with one attached hydrogen (secondary N) is 1. The third kappa shape index (κ3) is 4.44. The van der Waals surface area contributed by atoms with E-state index in [0.29, 0.717) is 26.1 Å². The van der Waals surface area contributed by atoms with Gasteiger partial charge in [-0.05, 0) is 27.2 Å². The van der Waals surface area contributed by atoms with E-state index in [-0.39, 0.29) is 23.1 Å². The van der Waals surface area contributed by atoms with Crippen LogP contribution in [0.4, 0.5) is 4.79 Å². The van der Waals surface area contributed by atoms with E-state index >= 15 is 0 Å². The predicted octanol–water partition coefficient (Wildman–Crippen LogP) is 0.625. The minimum absolute atomic E-state index is 0.0487. The van der Waals surface area contributed by atoms with Crippen molar-refractivity contribution in [3.05, 3.63) is 12.5 Å². The molecule has 8 nitrogen and oxygen atoms in total. The van der Waals surface area contributed by atoms with Crippen LogP contribution in [0.3, 0.4) is 0 Å². The molecule has 0 saturated carbocycles. The fourth-order valence-electron chi connectivity index (χ4n) is 2.39. The van der Waals surface area contributed by atoms with Gasteiger partial charge in [0.15, 0.2) is 5.03 Å². The van der Waals surface area contributed by atoms with E-state index in [9.17, 15) is 13.2 Å². The molecule has 1 saturated heterocycles. The highest BCUT2D eigenvalue weighted by atomic mass is 32.2. The van der Waals surface area contributed by atoms with Crippen LogP contribution in [0.15, 0.2) is 17.6 Å². The zero-order valence-electron chi connectivity index (χ0n) is 14.1. The molecule has 0 spiro atoms. The van der Waals surface area contributed by atoms with E-state index in [4.69, 9.17) is 0 Å². The van der Waals surface area contributed by atoms with Crippen molar-refractivity contribution >= 4 is 16.1 Å². The van der Waals surface area contributed by atoms with Gasteiger partial charge in [0, 0.05) is 45.0 Å². The Labute approximate surface area is 137 Å². The van der Waals surface area contributed by atoms with Crippen molar-refractivity contribution in [2.24, 2.45) is 7.05 Å². The zero-order valence-corrected chi connectivity index (χ0v) is 14.9. The maximum Gasteiger partial charge on any atom is 0.317 e. The van der Waals surface area contributed by atoms with Crippen molar-refractivity contribution in [3.8, 4) is 0 Å². The summed E-state index contributed by atoms with van der Waals surface area (Å²) in [6.07, 6.45) is 3.56. The molecule has 0 unspecified atom stereocenters. The SMILES string of the molecule is Cn1cnc(S(=O)(=O)N2CCCN(C(=O)NC(C)(C)C)CC2)c1. The van der Waals surface area contributed by atoms with Crippen LogP contribution in [0.1, 0.15) is 27.2 Å². The van der Waals surface area contributed by atoms with E-state index in [1.54, 1.807) is 16.5 Å². The van der Waals surface area contributed by atoms with Gasteiger partial charge in [0.1, 0.15) is 0 Å². The Balaban J connectivity index is 2.05. The number of aryl methyl sites for hydroxylation is 1. The zero-order chi connectivity index (χ0) is 17.3. The molecule has 1 aromatic heterocycles. The standard InChI is InChI=1S/C14H25N5O3S/c1-14(2,3)16-13(20)18-6-5-7-19(9-8-18)23(21,22)12-10-17(4)11-15-12/h10-11H,5-9H2,1-4H3,(H,16,20). The van der Waals surface area contributed by atoms with Crippen LogP contribution in [0.25, 0.3) is 0 Å². The lowest BCUT2D eigenvalue weighted by Crippen LogP contribution is -2.49. The molecule has 0 aliphatic carbocycles. The third-order valence-corrected chi connectivity index (χ3v) is 5.29. The number of sulfonamides is 1. The number of hydrogen-bond acceptors (Lipinski definition) is 4. The Morgan fingerprint density at radius 3 is 2.48 bits per heavy atom. The van der Waals surface area contributed by atoms with Gasteiger partial charge in [0.2, 0.25) is 0 Å². The maximum atomic E-state index is 12.6. The predicted molar refractivity (Wildman–Crippen MR) is 86.4 cm³/mol. The van der Waals surface area contributed by atoms with Gasteiger partial charge in [-0.2, -0.15) is 4.31 Å². The highest BCUT2D eigenvalue weighted by Gasteiger charge is 2.30. The molecule has 0 atom stereocenters. The first-order valence-electron chi connectivity index (χ1n) is 7.65. The molecular formula is C14H25N5O3S. The molecule has 1 aromatic rings. The molecule has 2 rings (SSSR count). The molecule has 1 fully saturated rings. The summed E-state index contributed by atoms with van der Waals surface area (Å²) < 4.78 is 28.2. The van der Waals surface area contributed by atoms with Crippen LogP contribution in [0, 0.1) is 0 Å². The summed E-state index contributed by atoms with van der Waals surface area (Å²) in [5, 5.41) is 2.96. The minimum Gasteiger partial charge on any atom is -0.339 e. The average molecular weight is 343 g/mol. The van der Waals surface area contributed by atoms with Crippen molar-refractivity contribution < 1.29 is 13.2 Å². The number of carbonyl (C=O) groups is 1. The first kappa shape index (κ1) is 17.7. The fourth-order valence-corrected chi connectivity index (χ4v) is 3.83. The normalized spacial score (nSPS) is 17.8. The van der Waals surface area contributed by atoms with Crippen LogP contribution in [0.5, 0.6) is 0 Å². The molecule has 1 N–H and O–H groups in total.